The van der Waals surface area contributed by atoms with Crippen LogP contribution in [0.4, 0.5) is 0 Å². The van der Waals surface area contributed by atoms with Gasteiger partial charge in [-0.2, -0.15) is 0 Å². The van der Waals surface area contributed by atoms with Crippen LogP contribution in [-0.2, 0) is 11.2 Å². The Morgan fingerprint density at radius 1 is 1.00 bits per heavy atom. The van der Waals surface area contributed by atoms with Crippen molar-refractivity contribution in [3.05, 3.63) is 69.7 Å². The van der Waals surface area contributed by atoms with E-state index in [1.54, 1.807) is 24.3 Å². The first-order chi connectivity index (χ1) is 12.9. The molecule has 144 valence electrons. The molecule has 0 aromatic heterocycles. The number of carbonyl (C=O) groups excluding carboxylic acids is 2. The highest BCUT2D eigenvalue weighted by Crippen LogP contribution is 2.18. The molecule has 2 aromatic rings. The second-order valence-electron chi connectivity index (χ2n) is 6.57. The van der Waals surface area contributed by atoms with Gasteiger partial charge in [0.1, 0.15) is 0 Å². The second kappa shape index (κ2) is 10.2. The lowest BCUT2D eigenvalue weighted by atomic mass is 10.0. The molecule has 2 N–H and O–H groups in total. The number of hydrogen-bond donors (Lipinski definition) is 2. The summed E-state index contributed by atoms with van der Waals surface area (Å²) in [4.78, 5) is 26.3. The minimum Gasteiger partial charge on any atom is -0.353 e. The first kappa shape index (κ1) is 21.1. The minimum atomic E-state index is -0.267. The number of aryl methyl sites for hydroxylation is 1. The highest BCUT2D eigenvalue weighted by molar-refractivity contribution is 9.10. The molecule has 0 aliphatic heterocycles. The third-order valence-electron chi connectivity index (χ3n) is 4.40. The van der Waals surface area contributed by atoms with Gasteiger partial charge in [0.25, 0.3) is 5.91 Å². The average molecular weight is 432 g/mol. The zero-order valence-electron chi connectivity index (χ0n) is 16.0. The van der Waals surface area contributed by atoms with Crippen LogP contribution in [0.5, 0.6) is 0 Å². The van der Waals surface area contributed by atoms with Crippen molar-refractivity contribution in [2.45, 2.75) is 19.4 Å². The first-order valence-electron chi connectivity index (χ1n) is 8.96. The van der Waals surface area contributed by atoms with E-state index in [0.717, 1.165) is 16.5 Å². The van der Waals surface area contributed by atoms with Crippen LogP contribution in [0.3, 0.4) is 0 Å². The molecular weight excluding hydrogens is 406 g/mol. The summed E-state index contributed by atoms with van der Waals surface area (Å²) < 4.78 is 0.901. The second-order valence-corrected chi connectivity index (χ2v) is 7.48. The number of rotatable bonds is 8. The summed E-state index contributed by atoms with van der Waals surface area (Å²) in [7, 11) is 3.97. The molecule has 27 heavy (non-hydrogen) atoms. The molecule has 6 heteroatoms. The van der Waals surface area contributed by atoms with Gasteiger partial charge in [-0.3, -0.25) is 9.59 Å². The van der Waals surface area contributed by atoms with Crippen molar-refractivity contribution in [2.75, 3.05) is 27.2 Å². The van der Waals surface area contributed by atoms with Gasteiger partial charge in [0.15, 0.2) is 0 Å². The number of nitrogens with one attached hydrogen (secondary N) is 2. The van der Waals surface area contributed by atoms with Crippen molar-refractivity contribution in [1.82, 2.24) is 15.5 Å². The van der Waals surface area contributed by atoms with Crippen LogP contribution in [0.25, 0.3) is 0 Å². The van der Waals surface area contributed by atoms with E-state index < -0.39 is 0 Å². The fraction of sp³-hybridized carbons (Fsp3) is 0.333. The van der Waals surface area contributed by atoms with Gasteiger partial charge in [0, 0.05) is 16.6 Å². The average Bonchev–Trinajstić information content (AvgIpc) is 2.67. The van der Waals surface area contributed by atoms with Crippen LogP contribution < -0.4 is 10.6 Å². The molecule has 2 aromatic carbocycles. The van der Waals surface area contributed by atoms with Crippen molar-refractivity contribution in [2.24, 2.45) is 0 Å². The monoisotopic (exact) mass is 431 g/mol. The summed E-state index contributed by atoms with van der Waals surface area (Å²) in [6.07, 6.45) is 1.00. The number of halogens is 1. The molecule has 1 unspecified atom stereocenters. The van der Waals surface area contributed by atoms with Gasteiger partial charge in [0.2, 0.25) is 5.91 Å². The van der Waals surface area contributed by atoms with Crippen molar-refractivity contribution < 1.29 is 9.59 Å². The Morgan fingerprint density at radius 3 is 2.19 bits per heavy atom. The predicted molar refractivity (Wildman–Crippen MR) is 112 cm³/mol. The molecule has 0 radical (unpaired) electrons. The Kier molecular flexibility index (Phi) is 8.00. The molecule has 1 atom stereocenters. The summed E-state index contributed by atoms with van der Waals surface area (Å²) >= 11 is 3.33. The van der Waals surface area contributed by atoms with Gasteiger partial charge in [-0.15, -0.1) is 0 Å². The molecule has 0 saturated heterocycles. The van der Waals surface area contributed by atoms with E-state index in [2.05, 4.69) is 62.7 Å². The third kappa shape index (κ3) is 6.48. The normalized spacial score (nSPS) is 11.9. The molecular formula is C21H26BrN3O2. The maximum Gasteiger partial charge on any atom is 0.251 e. The van der Waals surface area contributed by atoms with Gasteiger partial charge >= 0.3 is 0 Å². The topological polar surface area (TPSA) is 61.4 Å². The molecule has 0 bridgehead atoms. The zero-order chi connectivity index (χ0) is 19.8. The summed E-state index contributed by atoms with van der Waals surface area (Å²) in [5, 5.41) is 5.55. The summed E-state index contributed by atoms with van der Waals surface area (Å²) in [6.45, 7) is 2.55. The van der Waals surface area contributed by atoms with Crippen molar-refractivity contribution in [1.29, 1.82) is 0 Å². The maximum absolute atomic E-state index is 12.1. The Bertz CT molecular complexity index is 758. The van der Waals surface area contributed by atoms with Crippen LogP contribution in [0, 0.1) is 0 Å². The number of carbonyl (C=O) groups is 2. The summed E-state index contributed by atoms with van der Waals surface area (Å²) in [5.74, 6) is -0.477. The minimum absolute atomic E-state index is 0.0518. The van der Waals surface area contributed by atoms with Crippen molar-refractivity contribution in [3.8, 4) is 0 Å². The van der Waals surface area contributed by atoms with Crippen LogP contribution in [0.1, 0.15) is 34.5 Å². The van der Waals surface area contributed by atoms with Crippen LogP contribution in [0.15, 0.2) is 53.0 Å². The molecule has 2 amide bonds. The molecule has 0 heterocycles. The van der Waals surface area contributed by atoms with Crippen LogP contribution in [0.2, 0.25) is 0 Å². The van der Waals surface area contributed by atoms with Gasteiger partial charge in [-0.05, 0) is 55.9 Å². The van der Waals surface area contributed by atoms with Crippen LogP contribution in [-0.4, -0.2) is 43.9 Å². The lowest BCUT2D eigenvalue weighted by Crippen LogP contribution is -2.40. The van der Waals surface area contributed by atoms with E-state index in [4.69, 9.17) is 0 Å². The summed E-state index contributed by atoms with van der Waals surface area (Å²) in [6, 6.07) is 15.5. The van der Waals surface area contributed by atoms with Gasteiger partial charge in [-0.1, -0.05) is 47.1 Å². The Hall–Kier alpha value is -2.18. The molecule has 0 aliphatic carbocycles. The molecule has 0 fully saturated rings. The first-order valence-corrected chi connectivity index (χ1v) is 9.75. The SMILES string of the molecule is CCc1ccc(C(CNC(=O)CNC(=O)c2ccc(Br)cc2)N(C)C)cc1. The van der Waals surface area contributed by atoms with E-state index in [-0.39, 0.29) is 24.4 Å². The number of benzene rings is 2. The fourth-order valence-electron chi connectivity index (χ4n) is 2.71. The van der Waals surface area contributed by atoms with Crippen LogP contribution >= 0.6 is 15.9 Å². The van der Waals surface area contributed by atoms with E-state index in [0.29, 0.717) is 12.1 Å². The highest BCUT2D eigenvalue weighted by Gasteiger charge is 2.16. The highest BCUT2D eigenvalue weighted by atomic mass is 79.9. The number of nitrogens with zero attached hydrogens (tertiary/aromatic N) is 1. The van der Waals surface area contributed by atoms with Gasteiger partial charge in [0.05, 0.1) is 12.6 Å². The van der Waals surface area contributed by atoms with E-state index in [9.17, 15) is 9.59 Å². The maximum atomic E-state index is 12.1. The Labute approximate surface area is 169 Å². The fourth-order valence-corrected chi connectivity index (χ4v) is 2.98. The van der Waals surface area contributed by atoms with E-state index in [1.165, 1.54) is 5.56 Å². The molecule has 0 spiro atoms. The molecule has 5 nitrogen and oxygen atoms in total. The van der Waals surface area contributed by atoms with Crippen molar-refractivity contribution >= 4 is 27.7 Å². The number of amides is 2. The smallest absolute Gasteiger partial charge is 0.251 e. The molecule has 0 aliphatic rings. The molecule has 2 rings (SSSR count). The van der Waals surface area contributed by atoms with Gasteiger partial charge in [-0.25, -0.2) is 0 Å². The number of likely N-dealkylation sites (N-methyl/N-ethyl adjacent to an activating group) is 1. The van der Waals surface area contributed by atoms with Crippen molar-refractivity contribution in [3.63, 3.8) is 0 Å². The standard InChI is InChI=1S/C21H26BrN3O2/c1-4-15-5-7-16(8-6-15)19(25(2)3)13-23-20(26)14-24-21(27)17-9-11-18(22)12-10-17/h5-12,19H,4,13-14H2,1-3H3,(H,23,26)(H,24,27). The molecule has 0 saturated carbocycles. The Morgan fingerprint density at radius 2 is 1.63 bits per heavy atom. The summed E-state index contributed by atoms with van der Waals surface area (Å²) in [5.41, 5.74) is 2.96. The zero-order valence-corrected chi connectivity index (χ0v) is 17.5. The third-order valence-corrected chi connectivity index (χ3v) is 4.93. The quantitative estimate of drug-likeness (QED) is 0.674. The lowest BCUT2D eigenvalue weighted by Gasteiger charge is -2.25. The largest absolute Gasteiger partial charge is 0.353 e. The van der Waals surface area contributed by atoms with Gasteiger partial charge < -0.3 is 15.5 Å². The van der Waals surface area contributed by atoms with E-state index in [1.807, 2.05) is 14.1 Å². The lowest BCUT2D eigenvalue weighted by molar-refractivity contribution is -0.120. The number of hydrogen-bond acceptors (Lipinski definition) is 3. The van der Waals surface area contributed by atoms with E-state index >= 15 is 0 Å². The Balaban J connectivity index is 1.86. The predicted octanol–water partition coefficient (Wildman–Crippen LogP) is 3.16.